The van der Waals surface area contributed by atoms with Crippen LogP contribution in [0.15, 0.2) is 36.4 Å². The van der Waals surface area contributed by atoms with Crippen LogP contribution >= 0.6 is 0 Å². The van der Waals surface area contributed by atoms with Gasteiger partial charge < -0.3 is 31.2 Å². The molecule has 0 amide bonds. The summed E-state index contributed by atoms with van der Waals surface area (Å²) >= 11 is 0. The first kappa shape index (κ1) is 34.1. The maximum Gasteiger partial charge on any atom is 3.00 e. The number of aromatic amines is 2. The fraction of sp³-hybridized carbons (Fsp3) is 0.345. The van der Waals surface area contributed by atoms with E-state index in [0.717, 1.165) is 44.8 Å². The molecule has 0 bridgehead atoms. The standard InChI is InChI=1S/C23H23N4.2C2H6.2CH3.Y/c1-5-22-24-18-10-8-16(12-20(18)25-22)6-7-17-9-11-19-21(13-17)27-23(26-19)15(4)14(2)3;2*1-2;;;/h5,8-15H,1-4H3,(H,24,25)(H,26,27);2*1-2H3;2*1H3;/q-1;;;2*-1;+3. The second-order valence-corrected chi connectivity index (χ2v) is 7.28. The van der Waals surface area contributed by atoms with E-state index in [1.54, 1.807) is 0 Å². The summed E-state index contributed by atoms with van der Waals surface area (Å²) in [6.07, 6.45) is 1.96. The molecule has 0 aliphatic carbocycles. The van der Waals surface area contributed by atoms with Gasteiger partial charge in [0.2, 0.25) is 0 Å². The first-order valence-electron chi connectivity index (χ1n) is 11.3. The van der Waals surface area contributed by atoms with Crippen LogP contribution < -0.4 is 0 Å². The zero-order valence-corrected chi connectivity index (χ0v) is 25.5. The first-order valence-corrected chi connectivity index (χ1v) is 11.3. The average Bonchev–Trinajstić information content (AvgIpc) is 3.42. The summed E-state index contributed by atoms with van der Waals surface area (Å²) in [5.74, 6) is 9.38. The number of fused-ring (bicyclic) bond motifs is 2. The molecule has 0 aliphatic rings. The van der Waals surface area contributed by atoms with Crippen molar-refractivity contribution in [3.63, 3.8) is 0 Å². The van der Waals surface area contributed by atoms with Crippen molar-refractivity contribution < 1.29 is 32.7 Å². The number of rotatable bonds is 3. The van der Waals surface area contributed by atoms with Crippen molar-refractivity contribution in [1.29, 1.82) is 0 Å². The molecule has 5 heteroatoms. The van der Waals surface area contributed by atoms with Gasteiger partial charge in [0.05, 0.1) is 22.1 Å². The molecule has 1 atom stereocenters. The third-order valence-corrected chi connectivity index (χ3v) is 5.06. The molecule has 34 heavy (non-hydrogen) atoms. The van der Waals surface area contributed by atoms with Crippen molar-refractivity contribution in [2.24, 2.45) is 5.92 Å². The Bertz CT molecular complexity index is 1180. The Balaban J connectivity index is 0. The van der Waals surface area contributed by atoms with E-state index < -0.39 is 0 Å². The molecule has 0 fully saturated rings. The van der Waals surface area contributed by atoms with Gasteiger partial charge in [-0.3, -0.25) is 4.98 Å². The Morgan fingerprint density at radius 2 is 1.24 bits per heavy atom. The Hall–Kier alpha value is -2.09. The van der Waals surface area contributed by atoms with Crippen LogP contribution in [0.5, 0.6) is 0 Å². The monoisotopic (exact) mass is 534 g/mol. The summed E-state index contributed by atoms with van der Waals surface area (Å²) in [5.41, 5.74) is 5.93. The number of benzene rings is 2. The van der Waals surface area contributed by atoms with Crippen LogP contribution in [0, 0.1) is 39.0 Å². The van der Waals surface area contributed by atoms with Crippen LogP contribution in [-0.4, -0.2) is 19.9 Å². The van der Waals surface area contributed by atoms with Gasteiger partial charge in [-0.2, -0.15) is 6.92 Å². The smallest absolute Gasteiger partial charge is 0.368 e. The summed E-state index contributed by atoms with van der Waals surface area (Å²) < 4.78 is 0. The molecule has 180 valence electrons. The Kier molecular flexibility index (Phi) is 16.6. The molecule has 2 heterocycles. The number of aromatic nitrogens is 4. The van der Waals surface area contributed by atoms with Gasteiger partial charge >= 0.3 is 32.7 Å². The summed E-state index contributed by atoms with van der Waals surface area (Å²) in [6.45, 7) is 16.6. The van der Waals surface area contributed by atoms with E-state index in [9.17, 15) is 0 Å². The summed E-state index contributed by atoms with van der Waals surface area (Å²) in [4.78, 5) is 15.9. The predicted octanol–water partition coefficient (Wildman–Crippen LogP) is 8.12. The van der Waals surface area contributed by atoms with Gasteiger partial charge in [0.25, 0.3) is 0 Å². The van der Waals surface area contributed by atoms with Gasteiger partial charge in [-0.15, -0.1) is 0 Å². The number of H-pyrrole nitrogens is 2. The number of hydrogen-bond donors (Lipinski definition) is 2. The average molecular weight is 535 g/mol. The second kappa shape index (κ2) is 16.5. The molecule has 0 saturated heterocycles. The quantitative estimate of drug-likeness (QED) is 0.206. The van der Waals surface area contributed by atoms with Crippen LogP contribution in [-0.2, 0) is 32.7 Å². The van der Waals surface area contributed by atoms with E-state index in [4.69, 9.17) is 4.98 Å². The predicted molar refractivity (Wildman–Crippen MR) is 146 cm³/mol. The molecule has 0 radical (unpaired) electrons. The van der Waals surface area contributed by atoms with Gasteiger partial charge in [0.15, 0.2) is 0 Å². The van der Waals surface area contributed by atoms with Crippen LogP contribution in [0.4, 0.5) is 0 Å². The molecule has 0 saturated carbocycles. The number of hydrogen-bond acceptors (Lipinski definition) is 2. The van der Waals surface area contributed by atoms with Gasteiger partial charge in [-0.05, 0) is 48.1 Å². The topological polar surface area (TPSA) is 57.4 Å². The zero-order valence-electron chi connectivity index (χ0n) is 22.7. The molecular weight excluding hydrogens is 493 g/mol. The molecule has 2 aromatic carbocycles. The number of imidazole rings is 2. The molecule has 0 aliphatic heterocycles. The summed E-state index contributed by atoms with van der Waals surface area (Å²) in [5, 5.41) is 0. The Morgan fingerprint density at radius 1 is 0.765 bits per heavy atom. The van der Waals surface area contributed by atoms with Crippen molar-refractivity contribution in [2.75, 3.05) is 0 Å². The minimum absolute atomic E-state index is 0. The minimum Gasteiger partial charge on any atom is -0.368 e. The summed E-state index contributed by atoms with van der Waals surface area (Å²) in [6, 6.07) is 12.2. The Morgan fingerprint density at radius 3 is 1.71 bits per heavy atom. The van der Waals surface area contributed by atoms with E-state index in [2.05, 4.69) is 53.6 Å². The van der Waals surface area contributed by atoms with Gasteiger partial charge in [-0.1, -0.05) is 60.3 Å². The van der Waals surface area contributed by atoms with Gasteiger partial charge in [0, 0.05) is 17.0 Å². The van der Waals surface area contributed by atoms with Crippen molar-refractivity contribution in [3.05, 3.63) is 80.4 Å². The maximum absolute atomic E-state index is 4.72. The first-order chi connectivity index (χ1) is 15.0. The van der Waals surface area contributed by atoms with Crippen molar-refractivity contribution >= 4 is 22.1 Å². The van der Waals surface area contributed by atoms with Crippen molar-refractivity contribution in [3.8, 4) is 11.8 Å². The van der Waals surface area contributed by atoms with Crippen LogP contribution in [0.2, 0.25) is 0 Å². The molecule has 4 aromatic rings. The van der Waals surface area contributed by atoms with Crippen molar-refractivity contribution in [1.82, 2.24) is 19.9 Å². The van der Waals surface area contributed by atoms with Crippen LogP contribution in [0.1, 0.15) is 84.1 Å². The normalized spacial score (nSPS) is 10.1. The molecule has 2 aromatic heterocycles. The van der Waals surface area contributed by atoms with E-state index in [-0.39, 0.29) is 47.6 Å². The molecule has 4 rings (SSSR count). The van der Waals surface area contributed by atoms with Gasteiger partial charge in [-0.25, -0.2) is 4.98 Å². The van der Waals surface area contributed by atoms with Crippen LogP contribution in [0.3, 0.4) is 0 Å². The van der Waals surface area contributed by atoms with E-state index in [0.29, 0.717) is 11.8 Å². The molecular formula is C29H41N4Y. The Labute approximate surface area is 233 Å². The molecule has 2 N–H and O–H groups in total. The molecule has 1 unspecified atom stereocenters. The maximum atomic E-state index is 4.72. The fourth-order valence-corrected chi connectivity index (χ4v) is 3.03. The largest absolute Gasteiger partial charge is 3.00 e. The van der Waals surface area contributed by atoms with Crippen molar-refractivity contribution in [2.45, 2.75) is 61.3 Å². The van der Waals surface area contributed by atoms with Crippen LogP contribution in [0.25, 0.3) is 22.1 Å². The third-order valence-electron chi connectivity index (χ3n) is 5.06. The van der Waals surface area contributed by atoms with E-state index in [1.807, 2.05) is 71.4 Å². The van der Waals surface area contributed by atoms with Gasteiger partial charge in [0.1, 0.15) is 5.82 Å². The third kappa shape index (κ3) is 8.29. The number of nitrogens with one attached hydrogen (secondary N) is 2. The zero-order chi connectivity index (χ0) is 23.0. The minimum atomic E-state index is 0. The number of nitrogens with zero attached hydrogens (tertiary/aromatic N) is 2. The van der Waals surface area contributed by atoms with E-state index in [1.165, 1.54) is 0 Å². The SMILES string of the molecule is CC.CC.C[CH-]c1nc2ccc(C#Cc3ccc4nc(C(C)C(C)C)[nH]c4c3)cc2[nH]1.[CH3-].[CH3-].[Y+3]. The molecule has 0 spiro atoms. The second-order valence-electron chi connectivity index (χ2n) is 7.28. The van der Waals surface area contributed by atoms with E-state index >= 15 is 0 Å². The molecule has 4 nitrogen and oxygen atoms in total. The fourth-order valence-electron chi connectivity index (χ4n) is 3.03. The summed E-state index contributed by atoms with van der Waals surface area (Å²) in [7, 11) is 0.